The van der Waals surface area contributed by atoms with Gasteiger partial charge in [-0.05, 0) is 18.1 Å². The lowest BCUT2D eigenvalue weighted by molar-refractivity contribution is -0.222. The Hall–Kier alpha value is -2.47. The summed E-state index contributed by atoms with van der Waals surface area (Å²) in [5.41, 5.74) is 3.15. The zero-order valence-electron chi connectivity index (χ0n) is 13.0. The van der Waals surface area contributed by atoms with Crippen molar-refractivity contribution in [1.82, 2.24) is 10.3 Å². The number of H-pyrrole nitrogens is 1. The van der Waals surface area contributed by atoms with Crippen LogP contribution in [0.15, 0.2) is 35.8 Å². The van der Waals surface area contributed by atoms with Crippen LogP contribution >= 0.6 is 0 Å². The Morgan fingerprint density at radius 2 is 2.04 bits per heavy atom. The number of para-hydroxylation sites is 1. The quantitative estimate of drug-likeness (QED) is 0.704. The molecular weight excluding hydrogens is 296 g/mol. The number of rotatable bonds is 1. The third-order valence-electron chi connectivity index (χ3n) is 4.28. The van der Waals surface area contributed by atoms with E-state index in [9.17, 15) is 9.90 Å². The van der Waals surface area contributed by atoms with Crippen molar-refractivity contribution in [2.45, 2.75) is 32.1 Å². The van der Waals surface area contributed by atoms with Crippen LogP contribution in [0.4, 0.5) is 0 Å². The third kappa shape index (κ3) is 2.17. The summed E-state index contributed by atoms with van der Waals surface area (Å²) in [6.07, 6.45) is 0.852. The third-order valence-corrected chi connectivity index (χ3v) is 4.28. The number of ether oxygens (including phenoxy) is 2. The van der Waals surface area contributed by atoms with E-state index in [0.717, 1.165) is 28.6 Å². The van der Waals surface area contributed by atoms with Gasteiger partial charge >= 0.3 is 5.97 Å². The number of aliphatic hydroxyl groups is 1. The maximum Gasteiger partial charge on any atom is 0.346 e. The fraction of sp³-hybridized carbons (Fsp3) is 0.353. The molecule has 2 aliphatic heterocycles. The molecule has 0 saturated carbocycles. The summed E-state index contributed by atoms with van der Waals surface area (Å²) in [5.74, 6) is -2.11. The van der Waals surface area contributed by atoms with E-state index >= 15 is 0 Å². The average molecular weight is 314 g/mol. The van der Waals surface area contributed by atoms with Crippen LogP contribution in [0.5, 0.6) is 0 Å². The molecule has 4 rings (SSSR count). The molecule has 23 heavy (non-hydrogen) atoms. The first-order valence-electron chi connectivity index (χ1n) is 7.64. The number of cyclic esters (lactones) is 1. The van der Waals surface area contributed by atoms with Gasteiger partial charge in [-0.2, -0.15) is 0 Å². The molecule has 1 aromatic heterocycles. The van der Waals surface area contributed by atoms with Crippen molar-refractivity contribution in [2.24, 2.45) is 0 Å². The highest BCUT2D eigenvalue weighted by Gasteiger charge is 2.42. The highest BCUT2D eigenvalue weighted by molar-refractivity contribution is 5.92. The molecule has 3 N–H and O–H groups in total. The van der Waals surface area contributed by atoms with Crippen LogP contribution in [-0.2, 0) is 20.7 Å². The van der Waals surface area contributed by atoms with Gasteiger partial charge in [-0.3, -0.25) is 0 Å². The summed E-state index contributed by atoms with van der Waals surface area (Å²) >= 11 is 0. The van der Waals surface area contributed by atoms with Crippen molar-refractivity contribution in [3.05, 3.63) is 47.0 Å². The minimum atomic E-state index is -1.16. The van der Waals surface area contributed by atoms with Gasteiger partial charge in [0.15, 0.2) is 0 Å². The predicted octanol–water partition coefficient (Wildman–Crippen LogP) is 2.43. The topological polar surface area (TPSA) is 83.6 Å². The lowest BCUT2D eigenvalue weighted by atomic mass is 9.94. The van der Waals surface area contributed by atoms with Gasteiger partial charge in [-0.1, -0.05) is 18.2 Å². The van der Waals surface area contributed by atoms with E-state index in [1.807, 2.05) is 18.2 Å². The van der Waals surface area contributed by atoms with Gasteiger partial charge in [0, 0.05) is 37.0 Å². The van der Waals surface area contributed by atoms with E-state index < -0.39 is 17.8 Å². The first kappa shape index (κ1) is 14.1. The highest BCUT2D eigenvalue weighted by Crippen LogP contribution is 2.37. The van der Waals surface area contributed by atoms with Crippen molar-refractivity contribution in [3.8, 4) is 0 Å². The Morgan fingerprint density at radius 1 is 1.26 bits per heavy atom. The summed E-state index contributed by atoms with van der Waals surface area (Å²) < 4.78 is 10.6. The van der Waals surface area contributed by atoms with Crippen molar-refractivity contribution >= 4 is 16.9 Å². The van der Waals surface area contributed by atoms with E-state index in [2.05, 4.69) is 16.4 Å². The number of esters is 1. The molecule has 6 heteroatoms. The number of aromatic nitrogens is 1. The molecule has 0 radical (unpaired) electrons. The standard InChI is InChI=1S/C17H18N2O4/c1-17(2)22-15(20)12(16(21)23-17)14-13-10(7-8-18-14)9-5-3-4-6-11(9)19-13/h3-6,14,18-20H,7-8H2,1-2H3/t14-/m1/s1. The Balaban J connectivity index is 1.85. The van der Waals surface area contributed by atoms with Crippen molar-refractivity contribution < 1.29 is 19.4 Å². The van der Waals surface area contributed by atoms with Gasteiger partial charge in [-0.25, -0.2) is 4.79 Å². The van der Waals surface area contributed by atoms with Gasteiger partial charge in [0.25, 0.3) is 11.7 Å². The Kier molecular flexibility index (Phi) is 2.93. The minimum absolute atomic E-state index is 0.108. The van der Waals surface area contributed by atoms with Gasteiger partial charge in [0.2, 0.25) is 0 Å². The summed E-state index contributed by atoms with van der Waals surface area (Å²) in [6, 6.07) is 7.53. The van der Waals surface area contributed by atoms with Gasteiger partial charge in [-0.15, -0.1) is 0 Å². The van der Waals surface area contributed by atoms with E-state index in [4.69, 9.17) is 9.47 Å². The van der Waals surface area contributed by atoms with E-state index in [1.54, 1.807) is 13.8 Å². The number of hydrogen-bond donors (Lipinski definition) is 3. The molecule has 0 amide bonds. The van der Waals surface area contributed by atoms with E-state index in [-0.39, 0.29) is 11.5 Å². The second kappa shape index (κ2) is 4.76. The fourth-order valence-corrected chi connectivity index (χ4v) is 3.34. The van der Waals surface area contributed by atoms with Crippen LogP contribution in [0.2, 0.25) is 0 Å². The zero-order valence-corrected chi connectivity index (χ0v) is 13.0. The number of benzene rings is 1. The Morgan fingerprint density at radius 3 is 2.83 bits per heavy atom. The van der Waals surface area contributed by atoms with Crippen LogP contribution in [-0.4, -0.2) is 28.4 Å². The summed E-state index contributed by atoms with van der Waals surface area (Å²) in [7, 11) is 0. The average Bonchev–Trinajstić information content (AvgIpc) is 2.85. The Labute approximate surface area is 133 Å². The number of aliphatic hydroxyl groups excluding tert-OH is 1. The zero-order chi connectivity index (χ0) is 16.2. The number of fused-ring (bicyclic) bond motifs is 3. The highest BCUT2D eigenvalue weighted by atomic mass is 16.8. The number of carbonyl (C=O) groups is 1. The van der Waals surface area contributed by atoms with Crippen molar-refractivity contribution in [3.63, 3.8) is 0 Å². The molecule has 0 fully saturated rings. The number of aromatic amines is 1. The largest absolute Gasteiger partial charge is 0.480 e. The molecule has 0 saturated heterocycles. The molecule has 1 aromatic carbocycles. The molecule has 6 nitrogen and oxygen atoms in total. The lowest BCUT2D eigenvalue weighted by Crippen LogP contribution is -2.42. The molecule has 3 heterocycles. The normalized spacial score (nSPS) is 23.4. The van der Waals surface area contributed by atoms with Crippen LogP contribution in [0.25, 0.3) is 10.9 Å². The molecule has 120 valence electrons. The lowest BCUT2D eigenvalue weighted by Gasteiger charge is -2.34. The molecule has 2 aromatic rings. The van der Waals surface area contributed by atoms with E-state index in [0.29, 0.717) is 6.54 Å². The SMILES string of the molecule is CC1(C)OC(=O)C([C@H]2NCCc3c2[nH]c2ccccc32)=C(O)O1. The maximum absolute atomic E-state index is 12.4. The van der Waals surface area contributed by atoms with Gasteiger partial charge < -0.3 is 24.9 Å². The molecule has 0 unspecified atom stereocenters. The minimum Gasteiger partial charge on any atom is -0.480 e. The monoisotopic (exact) mass is 314 g/mol. The Bertz CT molecular complexity index is 834. The number of carbonyl (C=O) groups excluding carboxylic acids is 1. The number of nitrogens with one attached hydrogen (secondary N) is 2. The van der Waals surface area contributed by atoms with Gasteiger partial charge in [0.1, 0.15) is 5.57 Å². The smallest absolute Gasteiger partial charge is 0.346 e. The fourth-order valence-electron chi connectivity index (χ4n) is 3.34. The van der Waals surface area contributed by atoms with Crippen LogP contribution in [0.1, 0.15) is 31.1 Å². The summed E-state index contributed by atoms with van der Waals surface area (Å²) in [4.78, 5) is 15.7. The first-order chi connectivity index (χ1) is 11.0. The predicted molar refractivity (Wildman–Crippen MR) is 83.7 cm³/mol. The maximum atomic E-state index is 12.4. The van der Waals surface area contributed by atoms with Crippen molar-refractivity contribution in [1.29, 1.82) is 0 Å². The molecular formula is C17H18N2O4. The molecule has 1 atom stereocenters. The molecule has 2 aliphatic rings. The second-order valence-electron chi connectivity index (χ2n) is 6.31. The molecule has 0 spiro atoms. The van der Waals surface area contributed by atoms with Gasteiger partial charge in [0.05, 0.1) is 6.04 Å². The second-order valence-corrected chi connectivity index (χ2v) is 6.31. The molecule has 0 bridgehead atoms. The summed E-state index contributed by atoms with van der Waals surface area (Å²) in [5, 5.41) is 14.6. The van der Waals surface area contributed by atoms with Crippen LogP contribution < -0.4 is 5.32 Å². The first-order valence-corrected chi connectivity index (χ1v) is 7.64. The van der Waals surface area contributed by atoms with Crippen LogP contribution in [0, 0.1) is 0 Å². The van der Waals surface area contributed by atoms with Crippen LogP contribution in [0.3, 0.4) is 0 Å². The van der Waals surface area contributed by atoms with Crippen molar-refractivity contribution in [2.75, 3.05) is 6.54 Å². The molecule has 0 aliphatic carbocycles. The summed E-state index contributed by atoms with van der Waals surface area (Å²) in [6.45, 7) is 3.87. The van der Waals surface area contributed by atoms with E-state index in [1.165, 1.54) is 0 Å². The number of hydrogen-bond acceptors (Lipinski definition) is 5.